The molecule has 2 aliphatic carbocycles. The molecule has 0 aromatic rings. The predicted molar refractivity (Wildman–Crippen MR) is 68.0 cm³/mol. The van der Waals surface area contributed by atoms with Crippen molar-refractivity contribution in [3.05, 3.63) is 11.1 Å². The van der Waals surface area contributed by atoms with Crippen molar-refractivity contribution in [2.75, 3.05) is 0 Å². The third-order valence-electron chi connectivity index (χ3n) is 4.78. The molecule has 19 heavy (non-hydrogen) atoms. The maximum atomic E-state index is 12.0. The second-order valence-electron chi connectivity index (χ2n) is 5.99. The molecule has 0 amide bonds. The Morgan fingerprint density at radius 1 is 0.789 bits per heavy atom. The van der Waals surface area contributed by atoms with Gasteiger partial charge >= 0.3 is 11.9 Å². The molecule has 0 unspecified atom stereocenters. The minimum Gasteiger partial charge on any atom is -0.393 e. The number of carbonyl (C=O) groups excluding carboxylic acids is 2. The highest BCUT2D eigenvalue weighted by Crippen LogP contribution is 2.41. The zero-order valence-electron chi connectivity index (χ0n) is 11.1. The average Bonchev–Trinajstić information content (AvgIpc) is 2.98. The lowest BCUT2D eigenvalue weighted by atomic mass is 9.79. The van der Waals surface area contributed by atoms with Crippen LogP contribution in [0.25, 0.3) is 0 Å². The van der Waals surface area contributed by atoms with Crippen molar-refractivity contribution >= 4 is 11.9 Å². The fraction of sp³-hybridized carbons (Fsp3) is 0.733. The number of hydrogen-bond donors (Lipinski definition) is 1. The van der Waals surface area contributed by atoms with Crippen molar-refractivity contribution < 1.29 is 19.4 Å². The lowest BCUT2D eigenvalue weighted by Gasteiger charge is -2.26. The molecule has 2 fully saturated rings. The highest BCUT2D eigenvalue weighted by molar-refractivity contribution is 6.12. The van der Waals surface area contributed by atoms with Crippen LogP contribution >= 0.6 is 0 Å². The number of esters is 2. The summed E-state index contributed by atoms with van der Waals surface area (Å²) in [6.07, 6.45) is 7.01. The number of aliphatic hydroxyl groups excluding tert-OH is 1. The summed E-state index contributed by atoms with van der Waals surface area (Å²) >= 11 is 0. The fourth-order valence-corrected chi connectivity index (χ4v) is 3.77. The van der Waals surface area contributed by atoms with Crippen LogP contribution in [-0.2, 0) is 14.3 Å². The molecule has 0 atom stereocenters. The van der Waals surface area contributed by atoms with E-state index in [1.165, 1.54) is 0 Å². The van der Waals surface area contributed by atoms with Gasteiger partial charge in [0.05, 0.1) is 17.3 Å². The molecule has 0 radical (unpaired) electrons. The Balaban J connectivity index is 1.89. The van der Waals surface area contributed by atoms with E-state index < -0.39 is 11.9 Å². The minimum absolute atomic E-state index is 0.109. The van der Waals surface area contributed by atoms with Gasteiger partial charge in [0.2, 0.25) is 0 Å². The molecule has 1 aliphatic heterocycles. The lowest BCUT2D eigenvalue weighted by molar-refractivity contribution is -0.151. The van der Waals surface area contributed by atoms with E-state index >= 15 is 0 Å². The molecule has 3 rings (SSSR count). The molecule has 1 N–H and O–H groups in total. The van der Waals surface area contributed by atoms with E-state index in [-0.39, 0.29) is 17.9 Å². The molecular weight excluding hydrogens is 244 g/mol. The highest BCUT2D eigenvalue weighted by Gasteiger charge is 2.42. The number of carbonyl (C=O) groups is 2. The van der Waals surface area contributed by atoms with E-state index in [9.17, 15) is 14.7 Å². The number of aliphatic hydroxyl groups is 1. The van der Waals surface area contributed by atoms with E-state index in [0.717, 1.165) is 38.5 Å². The van der Waals surface area contributed by atoms with Crippen LogP contribution in [0.5, 0.6) is 0 Å². The zero-order chi connectivity index (χ0) is 13.4. The van der Waals surface area contributed by atoms with Crippen LogP contribution in [0.1, 0.15) is 51.4 Å². The lowest BCUT2D eigenvalue weighted by Crippen LogP contribution is -2.22. The third-order valence-corrected chi connectivity index (χ3v) is 4.78. The largest absolute Gasteiger partial charge is 0.393 e. The number of hydrogen-bond acceptors (Lipinski definition) is 4. The summed E-state index contributed by atoms with van der Waals surface area (Å²) in [4.78, 5) is 23.9. The first-order valence-electron chi connectivity index (χ1n) is 7.35. The third kappa shape index (κ3) is 2.34. The summed E-state index contributed by atoms with van der Waals surface area (Å²) in [6, 6.07) is 0. The second-order valence-corrected chi connectivity index (χ2v) is 5.99. The SMILES string of the molecule is O=C1OC(=O)C(C2CCC(O)CC2)=C1C1CCCC1. The van der Waals surface area contributed by atoms with Crippen molar-refractivity contribution in [2.45, 2.75) is 57.5 Å². The van der Waals surface area contributed by atoms with Crippen LogP contribution in [0.3, 0.4) is 0 Å². The normalized spacial score (nSPS) is 33.1. The topological polar surface area (TPSA) is 63.6 Å². The molecule has 0 spiro atoms. The molecule has 0 saturated heterocycles. The fourth-order valence-electron chi connectivity index (χ4n) is 3.77. The Kier molecular flexibility index (Phi) is 3.44. The van der Waals surface area contributed by atoms with Crippen molar-refractivity contribution in [1.29, 1.82) is 0 Å². The molecule has 3 aliphatic rings. The Labute approximate surface area is 112 Å². The molecule has 1 heterocycles. The van der Waals surface area contributed by atoms with Crippen LogP contribution in [-0.4, -0.2) is 23.1 Å². The van der Waals surface area contributed by atoms with Gasteiger partial charge in [-0.2, -0.15) is 0 Å². The van der Waals surface area contributed by atoms with Crippen LogP contribution in [0.2, 0.25) is 0 Å². The molecular formula is C15H20O4. The summed E-state index contributed by atoms with van der Waals surface area (Å²) in [7, 11) is 0. The summed E-state index contributed by atoms with van der Waals surface area (Å²) in [5, 5.41) is 9.57. The van der Waals surface area contributed by atoms with Gasteiger partial charge in [-0.05, 0) is 50.4 Å². The summed E-state index contributed by atoms with van der Waals surface area (Å²) < 4.78 is 4.86. The Morgan fingerprint density at radius 3 is 1.79 bits per heavy atom. The van der Waals surface area contributed by atoms with Gasteiger partial charge < -0.3 is 9.84 Å². The van der Waals surface area contributed by atoms with Gasteiger partial charge in [0, 0.05) is 0 Å². The van der Waals surface area contributed by atoms with Crippen molar-refractivity contribution in [1.82, 2.24) is 0 Å². The van der Waals surface area contributed by atoms with Gasteiger partial charge in [-0.25, -0.2) is 9.59 Å². The maximum absolute atomic E-state index is 12.0. The molecule has 4 nitrogen and oxygen atoms in total. The standard InChI is InChI=1S/C15H20O4/c16-11-7-5-10(6-8-11)13-12(9-3-1-2-4-9)14(17)19-15(13)18/h9-11,16H,1-8H2. The first kappa shape index (κ1) is 12.9. The molecule has 0 bridgehead atoms. The summed E-state index contributed by atoms with van der Waals surface area (Å²) in [5.41, 5.74) is 1.31. The quantitative estimate of drug-likeness (QED) is 0.613. The summed E-state index contributed by atoms with van der Waals surface area (Å²) in [6.45, 7) is 0. The Hall–Kier alpha value is -1.16. The van der Waals surface area contributed by atoms with Gasteiger partial charge in [0.15, 0.2) is 0 Å². The monoisotopic (exact) mass is 264 g/mol. The summed E-state index contributed by atoms with van der Waals surface area (Å²) in [5.74, 6) is -0.495. The van der Waals surface area contributed by atoms with Crippen LogP contribution in [0, 0.1) is 11.8 Å². The number of rotatable bonds is 2. The van der Waals surface area contributed by atoms with E-state index in [0.29, 0.717) is 24.0 Å². The highest BCUT2D eigenvalue weighted by atomic mass is 16.6. The predicted octanol–water partition coefficient (Wildman–Crippen LogP) is 2.11. The van der Waals surface area contributed by atoms with Crippen molar-refractivity contribution in [3.8, 4) is 0 Å². The number of ether oxygens (including phenoxy) is 1. The zero-order valence-corrected chi connectivity index (χ0v) is 11.1. The van der Waals surface area contributed by atoms with Crippen LogP contribution < -0.4 is 0 Å². The van der Waals surface area contributed by atoms with Gasteiger partial charge in [0.25, 0.3) is 0 Å². The first-order chi connectivity index (χ1) is 9.16. The van der Waals surface area contributed by atoms with E-state index in [4.69, 9.17) is 4.74 Å². The van der Waals surface area contributed by atoms with Gasteiger partial charge in [-0.1, -0.05) is 12.8 Å². The molecule has 0 aromatic carbocycles. The molecule has 0 aromatic heterocycles. The average molecular weight is 264 g/mol. The second kappa shape index (κ2) is 5.08. The van der Waals surface area contributed by atoms with Gasteiger partial charge in [-0.3, -0.25) is 0 Å². The van der Waals surface area contributed by atoms with Gasteiger partial charge in [-0.15, -0.1) is 0 Å². The maximum Gasteiger partial charge on any atom is 0.342 e. The Morgan fingerprint density at radius 2 is 1.26 bits per heavy atom. The van der Waals surface area contributed by atoms with Crippen LogP contribution in [0.15, 0.2) is 11.1 Å². The van der Waals surface area contributed by atoms with Crippen molar-refractivity contribution in [3.63, 3.8) is 0 Å². The van der Waals surface area contributed by atoms with E-state index in [1.54, 1.807) is 0 Å². The Bertz CT molecular complexity index is 423. The molecule has 4 heteroatoms. The van der Waals surface area contributed by atoms with Crippen molar-refractivity contribution in [2.24, 2.45) is 11.8 Å². The smallest absolute Gasteiger partial charge is 0.342 e. The first-order valence-corrected chi connectivity index (χ1v) is 7.35. The number of cyclic esters (lactones) is 2. The van der Waals surface area contributed by atoms with E-state index in [2.05, 4.69) is 0 Å². The molecule has 2 saturated carbocycles. The molecule has 104 valence electrons. The minimum atomic E-state index is -0.423. The van der Waals surface area contributed by atoms with E-state index in [1.807, 2.05) is 0 Å². The van der Waals surface area contributed by atoms with Gasteiger partial charge in [0.1, 0.15) is 0 Å². The van der Waals surface area contributed by atoms with Crippen LogP contribution in [0.4, 0.5) is 0 Å².